The number of carbonyl (C=O) groups is 1. The van der Waals surface area contributed by atoms with Crippen LogP contribution in [0.2, 0.25) is 0 Å². The van der Waals surface area contributed by atoms with E-state index < -0.39 is 28.3 Å². The first-order valence-electron chi connectivity index (χ1n) is 12.0. The second kappa shape index (κ2) is 11.4. The highest BCUT2D eigenvalue weighted by Crippen LogP contribution is 2.26. The standard InChI is InChI=1S/C27H30FN3O4S/c1-2-35-25-13-11-24(12-14-25)31(36(33,34)26-15-7-22(28)8-16-26)20-27(32)29-19-21-5-9-23(10-6-21)30-17-3-4-18-30/h5-16H,2-4,17-20H2,1H3,(H,29,32). The monoisotopic (exact) mass is 511 g/mol. The van der Waals surface area contributed by atoms with Gasteiger partial charge in [-0.1, -0.05) is 12.1 Å². The molecule has 3 aromatic rings. The molecule has 1 saturated heterocycles. The Morgan fingerprint density at radius 3 is 2.22 bits per heavy atom. The maximum atomic E-state index is 13.4. The summed E-state index contributed by atoms with van der Waals surface area (Å²) in [7, 11) is -4.13. The number of benzene rings is 3. The molecule has 1 amide bonds. The van der Waals surface area contributed by atoms with Gasteiger partial charge in [0.2, 0.25) is 5.91 Å². The molecule has 3 aromatic carbocycles. The minimum atomic E-state index is -4.13. The van der Waals surface area contributed by atoms with Gasteiger partial charge >= 0.3 is 0 Å². The lowest BCUT2D eigenvalue weighted by Gasteiger charge is -2.24. The van der Waals surface area contributed by atoms with Crippen molar-refractivity contribution in [3.8, 4) is 5.75 Å². The number of halogens is 1. The van der Waals surface area contributed by atoms with E-state index in [2.05, 4.69) is 10.2 Å². The van der Waals surface area contributed by atoms with Crippen molar-refractivity contribution >= 4 is 27.3 Å². The van der Waals surface area contributed by atoms with Crippen molar-refractivity contribution in [2.45, 2.75) is 31.2 Å². The van der Waals surface area contributed by atoms with Crippen molar-refractivity contribution in [2.75, 3.05) is 35.4 Å². The Hall–Kier alpha value is -3.59. The van der Waals surface area contributed by atoms with Crippen molar-refractivity contribution in [1.82, 2.24) is 5.32 Å². The first kappa shape index (κ1) is 25.5. The maximum absolute atomic E-state index is 13.4. The van der Waals surface area contributed by atoms with Crippen molar-refractivity contribution in [1.29, 1.82) is 0 Å². The number of carbonyl (C=O) groups excluding carboxylic acids is 1. The number of sulfonamides is 1. The smallest absolute Gasteiger partial charge is 0.264 e. The van der Waals surface area contributed by atoms with Crippen molar-refractivity contribution in [3.63, 3.8) is 0 Å². The minimum Gasteiger partial charge on any atom is -0.494 e. The van der Waals surface area contributed by atoms with E-state index in [0.29, 0.717) is 18.0 Å². The Balaban J connectivity index is 1.49. The van der Waals surface area contributed by atoms with E-state index in [1.54, 1.807) is 24.3 Å². The summed E-state index contributed by atoms with van der Waals surface area (Å²) in [5, 5.41) is 2.81. The van der Waals surface area contributed by atoms with Gasteiger partial charge in [0.1, 0.15) is 18.1 Å². The maximum Gasteiger partial charge on any atom is 0.264 e. The average molecular weight is 512 g/mol. The van der Waals surface area contributed by atoms with Crippen LogP contribution in [0.15, 0.2) is 77.7 Å². The molecule has 0 unspecified atom stereocenters. The molecular formula is C27H30FN3O4S. The fraction of sp³-hybridized carbons (Fsp3) is 0.296. The molecule has 9 heteroatoms. The van der Waals surface area contributed by atoms with Crippen LogP contribution in [0.3, 0.4) is 0 Å². The van der Waals surface area contributed by atoms with E-state index in [1.165, 1.54) is 25.0 Å². The minimum absolute atomic E-state index is 0.108. The number of ether oxygens (including phenoxy) is 1. The molecule has 1 fully saturated rings. The summed E-state index contributed by atoms with van der Waals surface area (Å²) in [6.07, 6.45) is 2.40. The van der Waals surface area contributed by atoms with Gasteiger partial charge in [0, 0.05) is 25.3 Å². The van der Waals surface area contributed by atoms with E-state index in [0.717, 1.165) is 40.8 Å². The van der Waals surface area contributed by atoms with Gasteiger partial charge in [-0.15, -0.1) is 0 Å². The molecule has 0 radical (unpaired) electrons. The first-order valence-corrected chi connectivity index (χ1v) is 13.4. The third-order valence-corrected chi connectivity index (χ3v) is 7.81. The van der Waals surface area contributed by atoms with Crippen molar-refractivity contribution in [3.05, 3.63) is 84.2 Å². The Bertz CT molecular complexity index is 1260. The van der Waals surface area contributed by atoms with Gasteiger partial charge in [-0.05, 0) is 86.0 Å². The Morgan fingerprint density at radius 2 is 1.61 bits per heavy atom. The molecule has 0 aliphatic carbocycles. The molecule has 0 bridgehead atoms. The third-order valence-electron chi connectivity index (χ3n) is 6.02. The third kappa shape index (κ3) is 6.15. The first-order chi connectivity index (χ1) is 17.4. The summed E-state index contributed by atoms with van der Waals surface area (Å²) in [6.45, 7) is 4.27. The van der Waals surface area contributed by atoms with Gasteiger partial charge in [0.25, 0.3) is 10.0 Å². The number of nitrogens with zero attached hydrogens (tertiary/aromatic N) is 2. The highest BCUT2D eigenvalue weighted by Gasteiger charge is 2.27. The van der Waals surface area contributed by atoms with Crippen LogP contribution < -0.4 is 19.3 Å². The molecule has 1 aliphatic heterocycles. The van der Waals surface area contributed by atoms with E-state index >= 15 is 0 Å². The van der Waals surface area contributed by atoms with E-state index in [-0.39, 0.29) is 11.4 Å². The Kier molecular flexibility index (Phi) is 8.10. The zero-order valence-corrected chi connectivity index (χ0v) is 21.0. The number of hydrogen-bond acceptors (Lipinski definition) is 5. The molecule has 0 atom stereocenters. The highest BCUT2D eigenvalue weighted by atomic mass is 32.2. The van der Waals surface area contributed by atoms with Gasteiger partial charge in [0.05, 0.1) is 17.2 Å². The van der Waals surface area contributed by atoms with Crippen LogP contribution in [0.25, 0.3) is 0 Å². The summed E-state index contributed by atoms with van der Waals surface area (Å²) in [5.74, 6) is -0.421. The molecular weight excluding hydrogens is 481 g/mol. The van der Waals surface area contributed by atoms with Gasteiger partial charge in [-0.25, -0.2) is 12.8 Å². The fourth-order valence-electron chi connectivity index (χ4n) is 4.11. The van der Waals surface area contributed by atoms with Crippen LogP contribution in [-0.2, 0) is 21.4 Å². The number of rotatable bonds is 10. The second-order valence-corrected chi connectivity index (χ2v) is 10.4. The Labute approximate surface area is 211 Å². The molecule has 36 heavy (non-hydrogen) atoms. The lowest BCUT2D eigenvalue weighted by Crippen LogP contribution is -2.40. The zero-order valence-electron chi connectivity index (χ0n) is 20.2. The Morgan fingerprint density at radius 1 is 0.972 bits per heavy atom. The zero-order chi connectivity index (χ0) is 25.5. The predicted octanol–water partition coefficient (Wildman–Crippen LogP) is 4.34. The van der Waals surface area contributed by atoms with Gasteiger partial charge in [-0.3, -0.25) is 9.10 Å². The molecule has 1 N–H and O–H groups in total. The normalized spacial score (nSPS) is 13.4. The molecule has 4 rings (SSSR count). The fourth-order valence-corrected chi connectivity index (χ4v) is 5.53. The largest absolute Gasteiger partial charge is 0.494 e. The predicted molar refractivity (Wildman–Crippen MR) is 138 cm³/mol. The highest BCUT2D eigenvalue weighted by molar-refractivity contribution is 7.92. The SMILES string of the molecule is CCOc1ccc(N(CC(=O)NCc2ccc(N3CCCC3)cc2)S(=O)(=O)c2ccc(F)cc2)cc1. The van der Waals surface area contributed by atoms with Crippen LogP contribution in [-0.4, -0.2) is 40.6 Å². The van der Waals surface area contributed by atoms with Crippen LogP contribution in [0.1, 0.15) is 25.3 Å². The molecule has 0 aromatic heterocycles. The summed E-state index contributed by atoms with van der Waals surface area (Å²) in [4.78, 5) is 15.1. The molecule has 7 nitrogen and oxygen atoms in total. The van der Waals surface area contributed by atoms with Gasteiger partial charge < -0.3 is 15.0 Å². The van der Waals surface area contributed by atoms with E-state index in [1.807, 2.05) is 31.2 Å². The lowest BCUT2D eigenvalue weighted by molar-refractivity contribution is -0.119. The van der Waals surface area contributed by atoms with E-state index in [4.69, 9.17) is 4.74 Å². The molecule has 0 spiro atoms. The molecule has 0 saturated carbocycles. The summed E-state index contributed by atoms with van der Waals surface area (Å²) in [6, 6.07) is 19.0. The van der Waals surface area contributed by atoms with Crippen LogP contribution in [0.4, 0.5) is 15.8 Å². The van der Waals surface area contributed by atoms with E-state index in [9.17, 15) is 17.6 Å². The van der Waals surface area contributed by atoms with Crippen molar-refractivity contribution < 1.29 is 22.3 Å². The molecule has 190 valence electrons. The van der Waals surface area contributed by atoms with Crippen LogP contribution in [0, 0.1) is 5.82 Å². The second-order valence-electron chi connectivity index (χ2n) is 8.53. The summed E-state index contributed by atoms with van der Waals surface area (Å²) < 4.78 is 46.7. The van der Waals surface area contributed by atoms with Crippen LogP contribution in [0.5, 0.6) is 5.75 Å². The number of anilines is 2. The summed E-state index contributed by atoms with van der Waals surface area (Å²) in [5.41, 5.74) is 2.38. The molecule has 1 aliphatic rings. The number of hydrogen-bond donors (Lipinski definition) is 1. The number of amides is 1. The van der Waals surface area contributed by atoms with Gasteiger partial charge in [-0.2, -0.15) is 0 Å². The van der Waals surface area contributed by atoms with Crippen LogP contribution >= 0.6 is 0 Å². The number of nitrogens with one attached hydrogen (secondary N) is 1. The summed E-state index contributed by atoms with van der Waals surface area (Å²) >= 11 is 0. The molecule has 1 heterocycles. The quantitative estimate of drug-likeness (QED) is 0.438. The topological polar surface area (TPSA) is 79.0 Å². The average Bonchev–Trinajstić information content (AvgIpc) is 3.42. The lowest BCUT2D eigenvalue weighted by atomic mass is 10.2. The van der Waals surface area contributed by atoms with Crippen molar-refractivity contribution in [2.24, 2.45) is 0 Å². The van der Waals surface area contributed by atoms with Gasteiger partial charge in [0.15, 0.2) is 0 Å².